The lowest BCUT2D eigenvalue weighted by Crippen LogP contribution is -2.49. The molecule has 28 heavy (non-hydrogen) atoms. The van der Waals surface area contributed by atoms with Crippen LogP contribution in [0.25, 0.3) is 0 Å². The number of nitriles is 1. The van der Waals surface area contributed by atoms with Crippen molar-refractivity contribution in [3.63, 3.8) is 0 Å². The van der Waals surface area contributed by atoms with Crippen LogP contribution in [0, 0.1) is 39.9 Å². The highest BCUT2D eigenvalue weighted by Gasteiger charge is 2.58. The maximum atomic E-state index is 12.4. The van der Waals surface area contributed by atoms with Gasteiger partial charge in [0.05, 0.1) is 6.61 Å². The fraction of sp³-hybridized carbons (Fsp3) is 0.708. The minimum absolute atomic E-state index is 0.0684. The number of esters is 1. The Morgan fingerprint density at radius 1 is 1.14 bits per heavy atom. The highest BCUT2D eigenvalue weighted by molar-refractivity contribution is 5.94. The van der Waals surface area contributed by atoms with E-state index in [0.717, 1.165) is 50.5 Å². The summed E-state index contributed by atoms with van der Waals surface area (Å²) in [5, 5.41) is 9.69. The van der Waals surface area contributed by atoms with Crippen LogP contribution in [0.5, 0.6) is 0 Å². The van der Waals surface area contributed by atoms with E-state index in [1.54, 1.807) is 6.92 Å². The summed E-state index contributed by atoms with van der Waals surface area (Å²) >= 11 is 0. The van der Waals surface area contributed by atoms with E-state index in [-0.39, 0.29) is 16.4 Å². The van der Waals surface area contributed by atoms with Gasteiger partial charge in [0.15, 0.2) is 5.78 Å². The highest BCUT2D eigenvalue weighted by atomic mass is 16.5. The highest BCUT2D eigenvalue weighted by Crippen LogP contribution is 2.66. The molecule has 4 aliphatic carbocycles. The van der Waals surface area contributed by atoms with Crippen LogP contribution in [0.3, 0.4) is 0 Å². The lowest BCUT2D eigenvalue weighted by atomic mass is 9.47. The molecule has 150 valence electrons. The Balaban J connectivity index is 1.68. The standard InChI is InChI=1S/C24H31NO3/c1-4-28-22(27)18(14-25)20-8-7-19-17-6-5-15-13-16(26)9-11-23(15,2)21(17)10-12-24(19,20)3/h13,17,19,21H,4-12H2,1-3H3/b20-18-/t17-,19-,21-,23-,24-/m0/s1. The molecule has 4 rings (SSSR count). The zero-order valence-electron chi connectivity index (χ0n) is 17.3. The number of carbonyl (C=O) groups is 2. The maximum absolute atomic E-state index is 12.4. The fourth-order valence-electron chi connectivity index (χ4n) is 7.22. The van der Waals surface area contributed by atoms with Crippen LogP contribution in [-0.4, -0.2) is 18.4 Å². The molecule has 3 saturated carbocycles. The van der Waals surface area contributed by atoms with E-state index >= 15 is 0 Å². The summed E-state index contributed by atoms with van der Waals surface area (Å²) in [7, 11) is 0. The first kappa shape index (κ1) is 19.4. The Labute approximate surface area is 168 Å². The molecule has 0 spiro atoms. The van der Waals surface area contributed by atoms with Gasteiger partial charge in [-0.2, -0.15) is 5.26 Å². The number of ether oxygens (including phenoxy) is 1. The number of hydrogen-bond donors (Lipinski definition) is 0. The van der Waals surface area contributed by atoms with Gasteiger partial charge >= 0.3 is 5.97 Å². The zero-order valence-corrected chi connectivity index (χ0v) is 17.3. The molecule has 0 aromatic rings. The quantitative estimate of drug-likeness (QED) is 0.387. The van der Waals surface area contributed by atoms with Gasteiger partial charge in [-0.25, -0.2) is 4.79 Å². The van der Waals surface area contributed by atoms with Crippen molar-refractivity contribution in [1.29, 1.82) is 5.26 Å². The minimum atomic E-state index is -0.449. The molecule has 0 N–H and O–H groups in total. The van der Waals surface area contributed by atoms with Crippen molar-refractivity contribution in [3.8, 4) is 6.07 Å². The van der Waals surface area contributed by atoms with Gasteiger partial charge in [-0.3, -0.25) is 4.79 Å². The van der Waals surface area contributed by atoms with Crippen molar-refractivity contribution in [2.75, 3.05) is 6.61 Å². The van der Waals surface area contributed by atoms with Crippen LogP contribution in [0.1, 0.15) is 72.1 Å². The average Bonchev–Trinajstić information content (AvgIpc) is 3.00. The van der Waals surface area contributed by atoms with Gasteiger partial charge < -0.3 is 4.74 Å². The number of rotatable bonds is 2. The van der Waals surface area contributed by atoms with Crippen LogP contribution in [0.15, 0.2) is 22.8 Å². The molecule has 0 amide bonds. The fourth-order valence-corrected chi connectivity index (χ4v) is 7.22. The molecule has 0 bridgehead atoms. The monoisotopic (exact) mass is 381 g/mol. The van der Waals surface area contributed by atoms with Crippen molar-refractivity contribution in [3.05, 3.63) is 22.8 Å². The second-order valence-electron chi connectivity index (χ2n) is 9.65. The molecule has 3 fully saturated rings. The summed E-state index contributed by atoms with van der Waals surface area (Å²) in [6.07, 6.45) is 9.80. The van der Waals surface area contributed by atoms with Crippen LogP contribution in [-0.2, 0) is 14.3 Å². The summed E-state index contributed by atoms with van der Waals surface area (Å²) in [6.45, 7) is 6.75. The molecule has 4 nitrogen and oxygen atoms in total. The Morgan fingerprint density at radius 2 is 1.89 bits per heavy atom. The summed E-state index contributed by atoms with van der Waals surface area (Å²) < 4.78 is 5.18. The molecule has 4 aliphatic rings. The van der Waals surface area contributed by atoms with E-state index in [1.165, 1.54) is 5.57 Å². The molecule has 0 aromatic heterocycles. The Morgan fingerprint density at radius 3 is 2.61 bits per heavy atom. The molecule has 0 saturated heterocycles. The third kappa shape index (κ3) is 2.70. The summed E-state index contributed by atoms with van der Waals surface area (Å²) in [4.78, 5) is 24.4. The molecule has 0 heterocycles. The first-order chi connectivity index (χ1) is 13.3. The number of carbonyl (C=O) groups excluding carboxylic acids is 2. The smallest absolute Gasteiger partial charge is 0.348 e. The third-order valence-electron chi connectivity index (χ3n) is 8.64. The normalized spacial score (nSPS) is 41.1. The Bertz CT molecular complexity index is 816. The van der Waals surface area contributed by atoms with Crippen molar-refractivity contribution in [1.82, 2.24) is 0 Å². The molecule has 4 heteroatoms. The van der Waals surface area contributed by atoms with Crippen LogP contribution < -0.4 is 0 Å². The Hall–Kier alpha value is -1.89. The number of hydrogen-bond acceptors (Lipinski definition) is 4. The van der Waals surface area contributed by atoms with Crippen molar-refractivity contribution in [2.45, 2.75) is 72.1 Å². The zero-order chi connectivity index (χ0) is 20.1. The predicted molar refractivity (Wildman–Crippen MR) is 106 cm³/mol. The molecular formula is C24H31NO3. The molecule has 0 unspecified atom stereocenters. The molecular weight excluding hydrogens is 350 g/mol. The van der Waals surface area contributed by atoms with Crippen molar-refractivity contribution in [2.24, 2.45) is 28.6 Å². The van der Waals surface area contributed by atoms with E-state index in [9.17, 15) is 14.9 Å². The first-order valence-corrected chi connectivity index (χ1v) is 10.9. The maximum Gasteiger partial charge on any atom is 0.348 e. The number of fused-ring (bicyclic) bond motifs is 5. The van der Waals surface area contributed by atoms with Gasteiger partial charge in [0, 0.05) is 6.42 Å². The molecule has 0 aliphatic heterocycles. The summed E-state index contributed by atoms with van der Waals surface area (Å²) in [5.74, 6) is 1.61. The largest absolute Gasteiger partial charge is 0.462 e. The summed E-state index contributed by atoms with van der Waals surface area (Å²) in [5.41, 5.74) is 2.77. The van der Waals surface area contributed by atoms with Crippen molar-refractivity contribution < 1.29 is 14.3 Å². The lowest BCUT2D eigenvalue weighted by Gasteiger charge is -2.57. The van der Waals surface area contributed by atoms with Gasteiger partial charge in [0.2, 0.25) is 0 Å². The second kappa shape index (κ2) is 6.87. The van der Waals surface area contributed by atoms with Gasteiger partial charge in [-0.15, -0.1) is 0 Å². The minimum Gasteiger partial charge on any atom is -0.462 e. The van der Waals surface area contributed by atoms with E-state index in [1.807, 2.05) is 6.08 Å². The van der Waals surface area contributed by atoms with Gasteiger partial charge in [-0.1, -0.05) is 19.4 Å². The van der Waals surface area contributed by atoms with Crippen LogP contribution in [0.4, 0.5) is 0 Å². The molecule has 0 radical (unpaired) electrons. The van der Waals surface area contributed by atoms with Crippen LogP contribution >= 0.6 is 0 Å². The average molecular weight is 382 g/mol. The number of ketones is 1. The van der Waals surface area contributed by atoms with E-state index in [2.05, 4.69) is 19.9 Å². The predicted octanol–water partition coefficient (Wildman–Crippen LogP) is 4.90. The Kier molecular flexibility index (Phi) is 4.76. The van der Waals surface area contributed by atoms with Crippen LogP contribution in [0.2, 0.25) is 0 Å². The van der Waals surface area contributed by atoms with E-state index < -0.39 is 5.97 Å². The first-order valence-electron chi connectivity index (χ1n) is 10.9. The summed E-state index contributed by atoms with van der Waals surface area (Å²) in [6, 6.07) is 2.17. The topological polar surface area (TPSA) is 67.2 Å². The van der Waals surface area contributed by atoms with E-state index in [4.69, 9.17) is 4.74 Å². The van der Waals surface area contributed by atoms with Gasteiger partial charge in [-0.05, 0) is 92.1 Å². The molecule has 5 atom stereocenters. The van der Waals surface area contributed by atoms with Gasteiger partial charge in [0.25, 0.3) is 0 Å². The third-order valence-corrected chi connectivity index (χ3v) is 8.64. The SMILES string of the molecule is CCOC(=O)/C(C#N)=C1/CC[C@H]2[C@@H]3CCC4=CC(=O)CC[C@]4(C)[C@H]3CC[C@]12C. The second-order valence-corrected chi connectivity index (χ2v) is 9.65. The van der Waals surface area contributed by atoms with Crippen molar-refractivity contribution >= 4 is 11.8 Å². The van der Waals surface area contributed by atoms with Gasteiger partial charge in [0.1, 0.15) is 11.6 Å². The number of nitrogens with zero attached hydrogens (tertiary/aromatic N) is 1. The number of allylic oxidation sites excluding steroid dienone is 2. The van der Waals surface area contributed by atoms with E-state index in [0.29, 0.717) is 36.6 Å². The molecule has 0 aromatic carbocycles. The lowest BCUT2D eigenvalue weighted by molar-refractivity contribution is -0.138.